The first kappa shape index (κ1) is 15.8. The van der Waals surface area contributed by atoms with Gasteiger partial charge in [0.2, 0.25) is 5.96 Å². The van der Waals surface area contributed by atoms with Crippen LogP contribution in [0, 0.1) is 0 Å². The molecule has 21 heavy (non-hydrogen) atoms. The van der Waals surface area contributed by atoms with Gasteiger partial charge in [0.15, 0.2) is 0 Å². The van der Waals surface area contributed by atoms with E-state index in [1.165, 1.54) is 0 Å². The van der Waals surface area contributed by atoms with Crippen LogP contribution in [0.2, 0.25) is 0 Å². The van der Waals surface area contributed by atoms with Crippen molar-refractivity contribution in [1.82, 2.24) is 4.72 Å². The summed E-state index contributed by atoms with van der Waals surface area (Å²) >= 11 is 0. The SMILES string of the molecule is CC(C)(C)N=C1Nc2ccc(C(C)(C)C)cc2S(=O)(=O)N1. The third-order valence-corrected chi connectivity index (χ3v) is 4.45. The fourth-order valence-corrected chi connectivity index (χ4v) is 3.19. The lowest BCUT2D eigenvalue weighted by molar-refractivity contribution is 0.574. The maximum atomic E-state index is 12.4. The second-order valence-corrected chi connectivity index (χ2v) is 8.97. The molecule has 1 aromatic rings. The number of rotatable bonds is 0. The van der Waals surface area contributed by atoms with Crippen LogP contribution in [0.25, 0.3) is 0 Å². The van der Waals surface area contributed by atoms with Gasteiger partial charge in [-0.2, -0.15) is 0 Å². The quantitative estimate of drug-likeness (QED) is 0.774. The van der Waals surface area contributed by atoms with Gasteiger partial charge in [0.1, 0.15) is 4.90 Å². The number of guanidine groups is 1. The minimum atomic E-state index is -3.59. The lowest BCUT2D eigenvalue weighted by Crippen LogP contribution is -2.42. The average Bonchev–Trinajstić information content (AvgIpc) is 2.23. The van der Waals surface area contributed by atoms with E-state index in [4.69, 9.17) is 0 Å². The van der Waals surface area contributed by atoms with Crippen LogP contribution in [0.1, 0.15) is 47.1 Å². The first-order valence-electron chi connectivity index (χ1n) is 6.93. The molecule has 0 saturated heterocycles. The Bertz CT molecular complexity index is 693. The van der Waals surface area contributed by atoms with E-state index in [0.29, 0.717) is 5.69 Å². The van der Waals surface area contributed by atoms with Gasteiger partial charge in [-0.3, -0.25) is 0 Å². The van der Waals surface area contributed by atoms with Crippen molar-refractivity contribution in [2.45, 2.75) is 57.4 Å². The number of sulfonamides is 1. The molecule has 0 bridgehead atoms. The third kappa shape index (κ3) is 3.56. The molecular formula is C15H23N3O2S. The Morgan fingerprint density at radius 1 is 1.05 bits per heavy atom. The van der Waals surface area contributed by atoms with Crippen molar-refractivity contribution in [2.75, 3.05) is 5.32 Å². The predicted molar refractivity (Wildman–Crippen MR) is 86.3 cm³/mol. The predicted octanol–water partition coefficient (Wildman–Crippen LogP) is 2.84. The number of hydrogen-bond acceptors (Lipinski definition) is 3. The number of aliphatic imine (C=N–C) groups is 1. The van der Waals surface area contributed by atoms with Crippen LogP contribution in [0.4, 0.5) is 5.69 Å². The number of nitrogens with one attached hydrogen (secondary N) is 2. The summed E-state index contributed by atoms with van der Waals surface area (Å²) in [6, 6.07) is 5.46. The van der Waals surface area contributed by atoms with E-state index in [2.05, 4.69) is 35.8 Å². The lowest BCUT2D eigenvalue weighted by Gasteiger charge is -2.26. The molecule has 1 aromatic carbocycles. The van der Waals surface area contributed by atoms with Crippen LogP contribution in [-0.4, -0.2) is 19.9 Å². The molecule has 1 heterocycles. The van der Waals surface area contributed by atoms with E-state index in [-0.39, 0.29) is 21.8 Å². The molecule has 116 valence electrons. The van der Waals surface area contributed by atoms with Gasteiger partial charge in [-0.25, -0.2) is 18.1 Å². The van der Waals surface area contributed by atoms with E-state index in [1.807, 2.05) is 26.8 Å². The van der Waals surface area contributed by atoms with E-state index in [9.17, 15) is 8.42 Å². The van der Waals surface area contributed by atoms with Gasteiger partial charge >= 0.3 is 0 Å². The van der Waals surface area contributed by atoms with Crippen LogP contribution in [0.15, 0.2) is 28.1 Å². The van der Waals surface area contributed by atoms with Gasteiger partial charge in [0, 0.05) is 0 Å². The standard InChI is InChI=1S/C15H23N3O2S/c1-14(2,3)10-7-8-11-12(9-10)21(19,20)18-13(16-11)17-15(4,5)6/h7-9H,1-6H3,(H2,16,17,18). The van der Waals surface area contributed by atoms with Gasteiger partial charge in [-0.15, -0.1) is 0 Å². The van der Waals surface area contributed by atoms with E-state index in [1.54, 1.807) is 12.1 Å². The minimum Gasteiger partial charge on any atom is -0.324 e. The molecule has 0 saturated carbocycles. The van der Waals surface area contributed by atoms with E-state index >= 15 is 0 Å². The highest BCUT2D eigenvalue weighted by molar-refractivity contribution is 7.90. The van der Waals surface area contributed by atoms with Gasteiger partial charge in [0.25, 0.3) is 10.0 Å². The first-order valence-corrected chi connectivity index (χ1v) is 8.41. The van der Waals surface area contributed by atoms with Crippen molar-refractivity contribution >= 4 is 21.7 Å². The highest BCUT2D eigenvalue weighted by Gasteiger charge is 2.29. The van der Waals surface area contributed by atoms with Crippen LogP contribution in [0.3, 0.4) is 0 Å². The molecule has 1 aliphatic rings. The minimum absolute atomic E-state index is 0.107. The van der Waals surface area contributed by atoms with Gasteiger partial charge < -0.3 is 5.32 Å². The number of fused-ring (bicyclic) bond motifs is 1. The molecule has 2 rings (SSSR count). The Morgan fingerprint density at radius 3 is 2.19 bits per heavy atom. The summed E-state index contributed by atoms with van der Waals surface area (Å²) in [5.41, 5.74) is 1.06. The molecular weight excluding hydrogens is 286 g/mol. The Hall–Kier alpha value is -1.56. The highest BCUT2D eigenvalue weighted by atomic mass is 32.2. The summed E-state index contributed by atoms with van der Waals surface area (Å²) in [4.78, 5) is 4.62. The maximum absolute atomic E-state index is 12.4. The third-order valence-electron chi connectivity index (χ3n) is 3.07. The Balaban J connectivity index is 2.53. The average molecular weight is 309 g/mol. The van der Waals surface area contributed by atoms with Crippen LogP contribution >= 0.6 is 0 Å². The van der Waals surface area contributed by atoms with E-state index < -0.39 is 10.0 Å². The summed E-state index contributed by atoms with van der Waals surface area (Å²) in [5, 5.41) is 3.05. The topological polar surface area (TPSA) is 70.6 Å². The largest absolute Gasteiger partial charge is 0.324 e. The summed E-state index contributed by atoms with van der Waals surface area (Å²) in [6.07, 6.45) is 0. The van der Waals surface area contributed by atoms with Crippen molar-refractivity contribution in [3.05, 3.63) is 23.8 Å². The monoisotopic (exact) mass is 309 g/mol. The molecule has 5 nitrogen and oxygen atoms in total. The fraction of sp³-hybridized carbons (Fsp3) is 0.533. The zero-order valence-corrected chi connectivity index (χ0v) is 14.2. The van der Waals surface area contributed by atoms with Crippen molar-refractivity contribution in [3.63, 3.8) is 0 Å². The van der Waals surface area contributed by atoms with Crippen LogP contribution in [0.5, 0.6) is 0 Å². The molecule has 0 amide bonds. The summed E-state index contributed by atoms with van der Waals surface area (Å²) in [6.45, 7) is 11.9. The lowest BCUT2D eigenvalue weighted by atomic mass is 9.87. The molecule has 1 aliphatic heterocycles. The second kappa shape index (κ2) is 4.73. The zero-order chi connectivity index (χ0) is 16.1. The highest BCUT2D eigenvalue weighted by Crippen LogP contribution is 2.31. The maximum Gasteiger partial charge on any atom is 0.266 e. The summed E-state index contributed by atoms with van der Waals surface area (Å²) < 4.78 is 27.3. The van der Waals surface area contributed by atoms with Crippen molar-refractivity contribution in [1.29, 1.82) is 0 Å². The Kier molecular flexibility index (Phi) is 3.56. The number of anilines is 1. The molecule has 0 fully saturated rings. The van der Waals surface area contributed by atoms with Crippen LogP contribution in [-0.2, 0) is 15.4 Å². The van der Waals surface area contributed by atoms with E-state index in [0.717, 1.165) is 5.56 Å². The van der Waals surface area contributed by atoms with Gasteiger partial charge in [0.05, 0.1) is 11.2 Å². The zero-order valence-electron chi connectivity index (χ0n) is 13.4. The number of benzene rings is 1. The summed E-state index contributed by atoms with van der Waals surface area (Å²) in [7, 11) is -3.59. The van der Waals surface area contributed by atoms with Crippen molar-refractivity contribution in [3.8, 4) is 0 Å². The molecule has 0 unspecified atom stereocenters. The molecule has 2 N–H and O–H groups in total. The number of hydrogen-bond donors (Lipinski definition) is 2. The van der Waals surface area contributed by atoms with Gasteiger partial charge in [-0.05, 0) is 43.9 Å². The molecule has 0 atom stereocenters. The normalized spacial score (nSPS) is 19.6. The fourth-order valence-electron chi connectivity index (χ4n) is 2.04. The molecule has 0 radical (unpaired) electrons. The molecule has 0 aromatic heterocycles. The summed E-state index contributed by atoms with van der Waals surface area (Å²) in [5.74, 6) is 0.263. The first-order chi connectivity index (χ1) is 9.38. The number of nitrogens with zero attached hydrogens (tertiary/aromatic N) is 1. The Morgan fingerprint density at radius 2 is 1.67 bits per heavy atom. The molecule has 6 heteroatoms. The van der Waals surface area contributed by atoms with Crippen LogP contribution < -0.4 is 10.0 Å². The van der Waals surface area contributed by atoms with Crippen molar-refractivity contribution < 1.29 is 8.42 Å². The van der Waals surface area contributed by atoms with Crippen molar-refractivity contribution in [2.24, 2.45) is 4.99 Å². The van der Waals surface area contributed by atoms with Gasteiger partial charge in [-0.1, -0.05) is 26.8 Å². The second-order valence-electron chi connectivity index (χ2n) is 7.32. The Labute approximate surface area is 126 Å². The smallest absolute Gasteiger partial charge is 0.266 e. The molecule has 0 aliphatic carbocycles. The molecule has 0 spiro atoms.